The zero-order valence-corrected chi connectivity index (χ0v) is 9.92. The molecule has 1 heterocycles. The zero-order valence-electron chi connectivity index (χ0n) is 9.16. The van der Waals surface area contributed by atoms with Gasteiger partial charge in [0, 0.05) is 12.0 Å². The summed E-state index contributed by atoms with van der Waals surface area (Å²) in [5.41, 5.74) is 2.72. The van der Waals surface area contributed by atoms with E-state index in [0.717, 1.165) is 25.3 Å². The predicted octanol–water partition coefficient (Wildman–Crippen LogP) is -1.29. The van der Waals surface area contributed by atoms with E-state index in [4.69, 9.17) is 4.74 Å². The van der Waals surface area contributed by atoms with Gasteiger partial charge >= 0.3 is 0 Å². The van der Waals surface area contributed by atoms with Gasteiger partial charge in [0.1, 0.15) is 19.3 Å². The zero-order chi connectivity index (χ0) is 9.97. The molecule has 0 aromatic heterocycles. The second-order valence-electron chi connectivity index (χ2n) is 3.65. The highest BCUT2D eigenvalue weighted by molar-refractivity contribution is 5.79. The van der Waals surface area contributed by atoms with Crippen LogP contribution in [-0.2, 0) is 6.42 Å². The van der Waals surface area contributed by atoms with Crippen LogP contribution in [0.15, 0.2) is 18.2 Å². The minimum absolute atomic E-state index is 0. The number of nitrogens with zero attached hydrogens (tertiary/aromatic N) is 1. The molecule has 1 aliphatic heterocycles. The molecule has 0 radical (unpaired) electrons. The number of hydrogen-bond acceptors (Lipinski definition) is 1. The van der Waals surface area contributed by atoms with E-state index in [-0.39, 0.29) is 12.4 Å². The van der Waals surface area contributed by atoms with E-state index in [1.165, 1.54) is 11.1 Å². The molecule has 0 N–H and O–H groups in total. The molecule has 0 amide bonds. The minimum atomic E-state index is 0. The highest BCUT2D eigenvalue weighted by Gasteiger charge is 2.12. The number of hydrogen-bond donors (Lipinski definition) is 0. The van der Waals surface area contributed by atoms with E-state index in [1.54, 1.807) is 0 Å². The first-order valence-electron chi connectivity index (χ1n) is 5.10. The van der Waals surface area contributed by atoms with Crippen LogP contribution in [0.2, 0.25) is 0 Å². The van der Waals surface area contributed by atoms with Crippen LogP contribution in [0.3, 0.4) is 0 Å². The van der Waals surface area contributed by atoms with E-state index < -0.39 is 0 Å². The molecule has 1 aromatic rings. The van der Waals surface area contributed by atoms with Crippen LogP contribution >= 0.6 is 0 Å². The van der Waals surface area contributed by atoms with Crippen molar-refractivity contribution in [3.63, 3.8) is 0 Å². The fourth-order valence-corrected chi connectivity index (χ4v) is 1.78. The predicted molar refractivity (Wildman–Crippen MR) is 57.5 cm³/mol. The van der Waals surface area contributed by atoms with Gasteiger partial charge in [0.05, 0.1) is 6.61 Å². The van der Waals surface area contributed by atoms with Crippen molar-refractivity contribution in [3.8, 4) is 5.75 Å². The monoisotopic (exact) mass is 225 g/mol. The van der Waals surface area contributed by atoms with Crippen molar-refractivity contribution in [2.45, 2.75) is 13.3 Å². The summed E-state index contributed by atoms with van der Waals surface area (Å²) >= 11 is 0. The SMILES string of the molecule is CCOc1ccc2c(c1)CC[N+](C)=C2.[Cl-]. The molecule has 0 fully saturated rings. The Morgan fingerprint density at radius 2 is 2.20 bits per heavy atom. The third-order valence-corrected chi connectivity index (χ3v) is 2.52. The van der Waals surface area contributed by atoms with Crippen LogP contribution in [-0.4, -0.2) is 31.0 Å². The van der Waals surface area contributed by atoms with Gasteiger partial charge in [0.25, 0.3) is 0 Å². The Bertz CT molecular complexity index is 374. The second-order valence-corrected chi connectivity index (χ2v) is 3.65. The topological polar surface area (TPSA) is 12.2 Å². The van der Waals surface area contributed by atoms with Gasteiger partial charge in [-0.3, -0.25) is 0 Å². The number of halogens is 1. The number of ether oxygens (including phenoxy) is 1. The smallest absolute Gasteiger partial charge is 0.170 e. The van der Waals surface area contributed by atoms with Crippen molar-refractivity contribution in [2.75, 3.05) is 20.2 Å². The van der Waals surface area contributed by atoms with Gasteiger partial charge in [-0.1, -0.05) is 0 Å². The van der Waals surface area contributed by atoms with E-state index in [0.29, 0.717) is 0 Å². The highest BCUT2D eigenvalue weighted by atomic mass is 35.5. The van der Waals surface area contributed by atoms with Gasteiger partial charge in [0.15, 0.2) is 6.21 Å². The summed E-state index contributed by atoms with van der Waals surface area (Å²) < 4.78 is 7.70. The van der Waals surface area contributed by atoms with Crippen molar-refractivity contribution in [1.82, 2.24) is 0 Å². The number of benzene rings is 1. The molecule has 2 rings (SSSR count). The average molecular weight is 226 g/mol. The van der Waals surface area contributed by atoms with Crippen LogP contribution in [0, 0.1) is 0 Å². The molecule has 0 spiro atoms. The summed E-state index contributed by atoms with van der Waals surface area (Å²) in [4.78, 5) is 0. The summed E-state index contributed by atoms with van der Waals surface area (Å²) in [6.07, 6.45) is 3.30. The summed E-state index contributed by atoms with van der Waals surface area (Å²) in [5, 5.41) is 0. The maximum absolute atomic E-state index is 5.47. The van der Waals surface area contributed by atoms with Crippen molar-refractivity contribution in [2.24, 2.45) is 0 Å². The summed E-state index contributed by atoms with van der Waals surface area (Å²) in [5.74, 6) is 0.990. The maximum Gasteiger partial charge on any atom is 0.170 e. The van der Waals surface area contributed by atoms with Gasteiger partial charge in [0.2, 0.25) is 0 Å². The molecule has 0 saturated heterocycles. The molecule has 3 heteroatoms. The molecule has 0 aliphatic carbocycles. The maximum atomic E-state index is 5.47. The van der Waals surface area contributed by atoms with Gasteiger partial charge < -0.3 is 17.1 Å². The van der Waals surface area contributed by atoms with Gasteiger partial charge in [-0.2, -0.15) is 0 Å². The average Bonchev–Trinajstić information content (AvgIpc) is 2.19. The van der Waals surface area contributed by atoms with Gasteiger partial charge in [-0.15, -0.1) is 0 Å². The van der Waals surface area contributed by atoms with Crippen LogP contribution < -0.4 is 17.1 Å². The van der Waals surface area contributed by atoms with Gasteiger partial charge in [-0.05, 0) is 30.7 Å². The quantitative estimate of drug-likeness (QED) is 0.571. The fourth-order valence-electron chi connectivity index (χ4n) is 1.78. The molecular weight excluding hydrogens is 210 g/mol. The standard InChI is InChI=1S/C12H16NO.ClH/c1-3-14-12-5-4-11-9-13(2)7-6-10(11)8-12;/h4-5,8-9H,3,6-7H2,1-2H3;1H/q+1;/p-1. The van der Waals surface area contributed by atoms with E-state index in [2.05, 4.69) is 30.0 Å². The molecule has 0 bridgehead atoms. The molecule has 1 aliphatic rings. The summed E-state index contributed by atoms with van der Waals surface area (Å²) in [7, 11) is 2.11. The lowest BCUT2D eigenvalue weighted by molar-refractivity contribution is -0.493. The van der Waals surface area contributed by atoms with Crippen molar-refractivity contribution >= 4 is 6.21 Å². The number of likely N-dealkylation sites (N-methyl/N-ethyl adjacent to an activating group) is 1. The lowest BCUT2D eigenvalue weighted by Crippen LogP contribution is -3.00. The molecule has 0 saturated carbocycles. The first-order chi connectivity index (χ1) is 6.79. The Hall–Kier alpha value is -1.02. The Labute approximate surface area is 97.0 Å². The normalized spacial score (nSPS) is 13.6. The van der Waals surface area contributed by atoms with E-state index in [1.807, 2.05) is 13.0 Å². The van der Waals surface area contributed by atoms with Crippen LogP contribution in [0.4, 0.5) is 0 Å². The molecule has 0 unspecified atom stereocenters. The Balaban J connectivity index is 0.00000112. The van der Waals surface area contributed by atoms with Gasteiger partial charge in [-0.25, -0.2) is 4.58 Å². The lowest BCUT2D eigenvalue weighted by atomic mass is 10.0. The van der Waals surface area contributed by atoms with Crippen LogP contribution in [0.1, 0.15) is 18.1 Å². The number of fused-ring (bicyclic) bond motifs is 1. The lowest BCUT2D eigenvalue weighted by Gasteiger charge is -2.11. The molecule has 15 heavy (non-hydrogen) atoms. The third-order valence-electron chi connectivity index (χ3n) is 2.52. The Morgan fingerprint density at radius 3 is 2.93 bits per heavy atom. The van der Waals surface area contributed by atoms with Crippen molar-refractivity contribution in [1.29, 1.82) is 0 Å². The van der Waals surface area contributed by atoms with Crippen LogP contribution in [0.25, 0.3) is 0 Å². The van der Waals surface area contributed by atoms with E-state index >= 15 is 0 Å². The Morgan fingerprint density at radius 1 is 1.40 bits per heavy atom. The largest absolute Gasteiger partial charge is 1.00 e. The third kappa shape index (κ3) is 2.72. The molecule has 82 valence electrons. The first kappa shape index (κ1) is 12.1. The molecule has 2 nitrogen and oxygen atoms in total. The minimum Gasteiger partial charge on any atom is -1.00 e. The molecular formula is C12H16ClNO. The molecule has 1 aromatic carbocycles. The van der Waals surface area contributed by atoms with Crippen molar-refractivity contribution < 1.29 is 21.7 Å². The number of rotatable bonds is 2. The molecule has 0 atom stereocenters. The highest BCUT2D eigenvalue weighted by Crippen LogP contribution is 2.19. The van der Waals surface area contributed by atoms with Crippen molar-refractivity contribution in [3.05, 3.63) is 29.3 Å². The van der Waals surface area contributed by atoms with E-state index in [9.17, 15) is 0 Å². The second kappa shape index (κ2) is 5.17. The fraction of sp³-hybridized carbons (Fsp3) is 0.417. The first-order valence-corrected chi connectivity index (χ1v) is 5.10. The Kier molecular flexibility index (Phi) is 4.15. The summed E-state index contributed by atoms with van der Waals surface area (Å²) in [6.45, 7) is 3.85. The van der Waals surface area contributed by atoms with Crippen LogP contribution in [0.5, 0.6) is 5.75 Å². The summed E-state index contributed by atoms with van der Waals surface area (Å²) in [6, 6.07) is 6.33.